The summed E-state index contributed by atoms with van der Waals surface area (Å²) in [5, 5.41) is 4.31. The van der Waals surface area contributed by atoms with Crippen molar-refractivity contribution in [1.82, 2.24) is 4.98 Å². The molecule has 0 amide bonds. The van der Waals surface area contributed by atoms with Gasteiger partial charge in [0.05, 0.1) is 37.0 Å². The molecule has 0 fully saturated rings. The smallest absolute Gasteiger partial charge is 0.343 e. The molecule has 0 radical (unpaired) electrons. The van der Waals surface area contributed by atoms with Gasteiger partial charge < -0.3 is 14.8 Å². The van der Waals surface area contributed by atoms with Crippen molar-refractivity contribution in [2.24, 2.45) is 0 Å². The minimum absolute atomic E-state index is 0.0187. The Kier molecular flexibility index (Phi) is 5.88. The number of nitrogens with zero attached hydrogens (tertiary/aromatic N) is 2. The van der Waals surface area contributed by atoms with Crippen LogP contribution in [0.2, 0.25) is 10.2 Å². The van der Waals surface area contributed by atoms with Crippen molar-refractivity contribution in [2.75, 3.05) is 19.5 Å². The lowest BCUT2D eigenvalue weighted by Crippen LogP contribution is -2.11. The van der Waals surface area contributed by atoms with E-state index in [2.05, 4.69) is 15.1 Å². The lowest BCUT2D eigenvalue weighted by molar-refractivity contribution is 0.0601. The molecule has 0 saturated carbocycles. The average molecular weight is 416 g/mol. The molecule has 142 valence electrons. The maximum atomic E-state index is 12.3. The van der Waals surface area contributed by atoms with Crippen molar-refractivity contribution < 1.29 is 14.3 Å². The summed E-state index contributed by atoms with van der Waals surface area (Å²) >= 11 is 12.4. The van der Waals surface area contributed by atoms with Crippen molar-refractivity contribution in [1.29, 1.82) is 0 Å². The minimum atomic E-state index is -0.622. The summed E-state index contributed by atoms with van der Waals surface area (Å²) in [5.74, 6) is -0.0531. The lowest BCUT2D eigenvalue weighted by Gasteiger charge is -2.16. The third-order valence-electron chi connectivity index (χ3n) is 4.13. The number of methoxy groups -OCH3 is 2. The van der Waals surface area contributed by atoms with Crippen LogP contribution in [-0.2, 0) is 11.3 Å². The number of pyridine rings is 1. The van der Waals surface area contributed by atoms with E-state index in [1.807, 2.05) is 6.07 Å². The fraction of sp³-hybridized carbons (Fsp3) is 0.150. The van der Waals surface area contributed by atoms with Crippen LogP contribution in [0.3, 0.4) is 0 Å². The van der Waals surface area contributed by atoms with E-state index in [0.717, 1.165) is 5.56 Å². The predicted octanol–water partition coefficient (Wildman–Crippen LogP) is 5.50. The Hall–Kier alpha value is -3.01. The molecule has 3 rings (SSSR count). The Morgan fingerprint density at radius 1 is 1.21 bits per heavy atom. The number of ether oxygens (including phenoxy) is 2. The Morgan fingerprint density at radius 3 is 2.64 bits per heavy atom. The van der Waals surface area contributed by atoms with Gasteiger partial charge in [-0.1, -0.05) is 35.3 Å². The lowest BCUT2D eigenvalue weighted by atomic mass is 10.1. The molecule has 1 heterocycles. The highest BCUT2D eigenvalue weighted by molar-refractivity contribution is 6.34. The molecule has 1 N–H and O–H groups in total. The first-order valence-corrected chi connectivity index (χ1v) is 8.89. The number of hydrogen-bond donors (Lipinski definition) is 1. The van der Waals surface area contributed by atoms with E-state index in [0.29, 0.717) is 39.6 Å². The van der Waals surface area contributed by atoms with Gasteiger partial charge in [-0.25, -0.2) is 14.6 Å². The number of aromatic nitrogens is 1. The highest BCUT2D eigenvalue weighted by Crippen LogP contribution is 2.35. The molecule has 3 aromatic rings. The molecule has 8 heteroatoms. The second-order valence-electron chi connectivity index (χ2n) is 5.78. The largest absolute Gasteiger partial charge is 0.495 e. The first-order chi connectivity index (χ1) is 13.5. The van der Waals surface area contributed by atoms with Crippen LogP contribution in [0.25, 0.3) is 15.7 Å². The third kappa shape index (κ3) is 3.81. The minimum Gasteiger partial charge on any atom is -0.495 e. The number of hydrogen-bond acceptors (Lipinski definition) is 5. The van der Waals surface area contributed by atoms with E-state index in [1.54, 1.807) is 37.4 Å². The maximum absolute atomic E-state index is 12.3. The van der Waals surface area contributed by atoms with Crippen LogP contribution in [0.4, 0.5) is 11.4 Å². The SMILES string of the molecule is [C-]#[N+]c1ccc2nc(Cl)c(C(=O)OC)c(NCc3ccc(OC)c(Cl)c3)c2c1. The van der Waals surface area contributed by atoms with E-state index in [9.17, 15) is 4.79 Å². The van der Waals surface area contributed by atoms with Crippen LogP contribution in [0.5, 0.6) is 5.75 Å². The molecule has 0 aliphatic carbocycles. The van der Waals surface area contributed by atoms with Crippen molar-refractivity contribution >= 4 is 51.4 Å². The number of halogens is 2. The van der Waals surface area contributed by atoms with Crippen LogP contribution < -0.4 is 10.1 Å². The van der Waals surface area contributed by atoms with Crippen LogP contribution in [-0.4, -0.2) is 25.2 Å². The number of fused-ring (bicyclic) bond motifs is 1. The molecule has 6 nitrogen and oxygen atoms in total. The number of nitrogens with one attached hydrogen (secondary N) is 1. The summed E-state index contributed by atoms with van der Waals surface area (Å²) in [6, 6.07) is 10.4. The first-order valence-electron chi connectivity index (χ1n) is 8.13. The molecule has 0 aliphatic rings. The number of rotatable bonds is 5. The third-order valence-corrected chi connectivity index (χ3v) is 4.70. The first kappa shape index (κ1) is 19.7. The fourth-order valence-electron chi connectivity index (χ4n) is 2.77. The molecular formula is C20H15Cl2N3O3. The Morgan fingerprint density at radius 2 is 2.00 bits per heavy atom. The zero-order valence-corrected chi connectivity index (χ0v) is 16.6. The van der Waals surface area contributed by atoms with Crippen LogP contribution >= 0.6 is 23.2 Å². The van der Waals surface area contributed by atoms with E-state index in [-0.39, 0.29) is 10.7 Å². The van der Waals surface area contributed by atoms with Gasteiger partial charge in [0.15, 0.2) is 5.69 Å². The van der Waals surface area contributed by atoms with E-state index in [1.165, 1.54) is 7.11 Å². The molecule has 0 unspecified atom stereocenters. The summed E-state index contributed by atoms with van der Waals surface area (Å²) in [6.45, 7) is 7.60. The van der Waals surface area contributed by atoms with Gasteiger partial charge in [0.1, 0.15) is 16.5 Å². The van der Waals surface area contributed by atoms with E-state index < -0.39 is 5.97 Å². The predicted molar refractivity (Wildman–Crippen MR) is 110 cm³/mol. The molecule has 28 heavy (non-hydrogen) atoms. The molecule has 0 spiro atoms. The number of benzene rings is 2. The molecular weight excluding hydrogens is 401 g/mol. The Labute approximate surface area is 171 Å². The normalized spacial score (nSPS) is 10.4. The standard InChI is InChI=1S/C20H15Cl2N3O3/c1-23-12-5-6-15-13(9-12)18(17(19(22)25-15)20(26)28-3)24-10-11-4-7-16(27-2)14(21)8-11/h4-9H,10H2,2-3H3,(H,24,25). The molecule has 0 bridgehead atoms. The molecule has 1 aromatic heterocycles. The maximum Gasteiger partial charge on any atom is 0.343 e. The quantitative estimate of drug-likeness (QED) is 0.338. The number of esters is 1. The van der Waals surface area contributed by atoms with Gasteiger partial charge >= 0.3 is 5.97 Å². The second-order valence-corrected chi connectivity index (χ2v) is 6.55. The molecule has 2 aromatic carbocycles. The van der Waals surface area contributed by atoms with E-state index in [4.69, 9.17) is 39.2 Å². The highest BCUT2D eigenvalue weighted by Gasteiger charge is 2.21. The van der Waals surface area contributed by atoms with Crippen molar-refractivity contribution in [3.05, 3.63) is 69.1 Å². The number of carbonyl (C=O) groups is 1. The van der Waals surface area contributed by atoms with Gasteiger partial charge in [-0.15, -0.1) is 0 Å². The van der Waals surface area contributed by atoms with Crippen LogP contribution in [0.1, 0.15) is 15.9 Å². The Balaban J connectivity index is 2.09. The van der Waals surface area contributed by atoms with Gasteiger partial charge in [-0.05, 0) is 29.8 Å². The summed E-state index contributed by atoms with van der Waals surface area (Å²) in [7, 11) is 2.81. The van der Waals surface area contributed by atoms with Gasteiger partial charge in [0.25, 0.3) is 0 Å². The summed E-state index contributed by atoms with van der Waals surface area (Å²) in [4.78, 5) is 20.0. The monoisotopic (exact) mass is 415 g/mol. The summed E-state index contributed by atoms with van der Waals surface area (Å²) < 4.78 is 10.0. The van der Waals surface area contributed by atoms with Gasteiger partial charge in [-0.3, -0.25) is 0 Å². The summed E-state index contributed by atoms with van der Waals surface area (Å²) in [6.07, 6.45) is 0. The zero-order valence-electron chi connectivity index (χ0n) is 15.0. The van der Waals surface area contributed by atoms with Crippen molar-refractivity contribution in [2.45, 2.75) is 6.54 Å². The van der Waals surface area contributed by atoms with Gasteiger partial charge in [0, 0.05) is 11.9 Å². The summed E-state index contributed by atoms with van der Waals surface area (Å²) in [5.41, 5.74) is 2.39. The van der Waals surface area contributed by atoms with Crippen molar-refractivity contribution in [3.8, 4) is 5.75 Å². The van der Waals surface area contributed by atoms with E-state index >= 15 is 0 Å². The van der Waals surface area contributed by atoms with Crippen molar-refractivity contribution in [3.63, 3.8) is 0 Å². The Bertz CT molecular complexity index is 1110. The van der Waals surface area contributed by atoms with Gasteiger partial charge in [-0.2, -0.15) is 0 Å². The number of anilines is 1. The van der Waals surface area contributed by atoms with Gasteiger partial charge in [0.2, 0.25) is 0 Å². The topological polar surface area (TPSA) is 64.8 Å². The van der Waals surface area contributed by atoms with Crippen LogP contribution in [0, 0.1) is 6.57 Å². The highest BCUT2D eigenvalue weighted by atomic mass is 35.5. The fourth-order valence-corrected chi connectivity index (χ4v) is 3.32. The number of carbonyl (C=O) groups excluding carboxylic acids is 1. The molecule has 0 atom stereocenters. The second kappa shape index (κ2) is 8.34. The molecule has 0 saturated heterocycles. The molecule has 0 aliphatic heterocycles. The van der Waals surface area contributed by atoms with Crippen LogP contribution in [0.15, 0.2) is 36.4 Å². The zero-order chi connectivity index (χ0) is 20.3. The average Bonchev–Trinajstić information content (AvgIpc) is 2.71.